The van der Waals surface area contributed by atoms with Gasteiger partial charge in [-0.05, 0) is 29.8 Å². The van der Waals surface area contributed by atoms with Gasteiger partial charge in [0.2, 0.25) is 0 Å². The van der Waals surface area contributed by atoms with Crippen LogP contribution in [0.1, 0.15) is 26.3 Å². The first-order chi connectivity index (χ1) is 17.6. The third-order valence-corrected chi connectivity index (χ3v) is 5.78. The monoisotopic (exact) mass is 492 g/mol. The quantitative estimate of drug-likeness (QED) is 0.454. The molecule has 188 valence electrons. The van der Waals surface area contributed by atoms with Gasteiger partial charge in [-0.15, -0.1) is 0 Å². The van der Waals surface area contributed by atoms with Crippen LogP contribution in [0.25, 0.3) is 0 Å². The second-order valence-corrected chi connectivity index (χ2v) is 8.24. The molecule has 5 atom stereocenters. The minimum atomic E-state index is -1.58. The summed E-state index contributed by atoms with van der Waals surface area (Å²) in [6.07, 6.45) is -5.76. The number of aliphatic hydroxyl groups excluding tert-OH is 1. The van der Waals surface area contributed by atoms with E-state index in [0.29, 0.717) is 12.2 Å². The Labute approximate surface area is 209 Å². The van der Waals surface area contributed by atoms with E-state index >= 15 is 0 Å². The molecule has 0 aliphatic carbocycles. The molecule has 0 radical (unpaired) electrons. The molecule has 1 aliphatic rings. The maximum atomic E-state index is 12.9. The van der Waals surface area contributed by atoms with Crippen LogP contribution in [0.5, 0.6) is 0 Å². The number of hydrogen-bond acceptors (Lipinski definition) is 8. The Morgan fingerprint density at radius 2 is 1.25 bits per heavy atom. The van der Waals surface area contributed by atoms with Crippen molar-refractivity contribution in [3.05, 3.63) is 108 Å². The Bertz CT molecular complexity index is 1110. The second-order valence-electron chi connectivity index (χ2n) is 8.24. The highest BCUT2D eigenvalue weighted by Gasteiger charge is 2.50. The van der Waals surface area contributed by atoms with Crippen LogP contribution in [0.3, 0.4) is 0 Å². The highest BCUT2D eigenvalue weighted by atomic mass is 16.7. The van der Waals surface area contributed by atoms with Crippen molar-refractivity contribution in [2.45, 2.75) is 37.3 Å². The molecule has 0 aromatic heterocycles. The lowest BCUT2D eigenvalue weighted by molar-refractivity contribution is -0.291. The first-order valence-electron chi connectivity index (χ1n) is 11.6. The van der Waals surface area contributed by atoms with Crippen LogP contribution in [0.2, 0.25) is 0 Å². The fraction of sp³-hybridized carbons (Fsp3) is 0.286. The molecule has 0 amide bonds. The highest BCUT2D eigenvalue weighted by Crippen LogP contribution is 2.29. The van der Waals surface area contributed by atoms with Crippen LogP contribution in [-0.4, -0.2) is 61.5 Å². The van der Waals surface area contributed by atoms with E-state index in [1.165, 1.54) is 7.11 Å². The van der Waals surface area contributed by atoms with Crippen molar-refractivity contribution in [2.75, 3.05) is 13.7 Å². The van der Waals surface area contributed by atoms with Gasteiger partial charge in [0, 0.05) is 7.11 Å². The highest BCUT2D eigenvalue weighted by molar-refractivity contribution is 5.90. The third-order valence-electron chi connectivity index (χ3n) is 5.78. The Hall–Kier alpha value is -3.56. The molecule has 5 unspecified atom stereocenters. The van der Waals surface area contributed by atoms with Gasteiger partial charge < -0.3 is 28.8 Å². The Morgan fingerprint density at radius 1 is 0.750 bits per heavy atom. The molecule has 0 bridgehead atoms. The van der Waals surface area contributed by atoms with E-state index in [9.17, 15) is 14.7 Å². The van der Waals surface area contributed by atoms with E-state index in [-0.39, 0.29) is 12.2 Å². The summed E-state index contributed by atoms with van der Waals surface area (Å²) in [6.45, 7) is 0.358. The van der Waals surface area contributed by atoms with Crippen molar-refractivity contribution in [2.24, 2.45) is 0 Å². The van der Waals surface area contributed by atoms with Crippen molar-refractivity contribution < 1.29 is 38.4 Å². The van der Waals surface area contributed by atoms with Crippen LogP contribution in [0.15, 0.2) is 91.0 Å². The second kappa shape index (κ2) is 12.4. The van der Waals surface area contributed by atoms with Gasteiger partial charge in [0.05, 0.1) is 24.3 Å². The van der Waals surface area contributed by atoms with E-state index < -0.39 is 42.6 Å². The van der Waals surface area contributed by atoms with E-state index in [0.717, 1.165) is 5.56 Å². The topological polar surface area (TPSA) is 101 Å². The SMILES string of the molecule is COC1C(COCc2ccccc2)OC(O)C(OC(=O)c2ccccc2)C1OC(=O)c1ccccc1. The molecule has 1 N–H and O–H groups in total. The number of rotatable bonds is 9. The first-order valence-corrected chi connectivity index (χ1v) is 11.6. The molecule has 4 rings (SSSR count). The number of esters is 2. The zero-order valence-electron chi connectivity index (χ0n) is 19.8. The summed E-state index contributed by atoms with van der Waals surface area (Å²) in [5.41, 5.74) is 1.54. The lowest BCUT2D eigenvalue weighted by atomic mass is 9.98. The van der Waals surface area contributed by atoms with Gasteiger partial charge in [0.1, 0.15) is 12.2 Å². The smallest absolute Gasteiger partial charge is 0.338 e. The molecule has 1 saturated heterocycles. The number of methoxy groups -OCH3 is 1. The van der Waals surface area contributed by atoms with Gasteiger partial charge in [-0.25, -0.2) is 9.59 Å². The number of carbonyl (C=O) groups is 2. The van der Waals surface area contributed by atoms with Gasteiger partial charge in [-0.3, -0.25) is 0 Å². The summed E-state index contributed by atoms with van der Waals surface area (Å²) < 4.78 is 28.5. The maximum absolute atomic E-state index is 12.9. The fourth-order valence-corrected chi connectivity index (χ4v) is 3.97. The predicted octanol–water partition coefficient (Wildman–Crippen LogP) is 3.39. The van der Waals surface area contributed by atoms with Crippen molar-refractivity contribution in [1.82, 2.24) is 0 Å². The van der Waals surface area contributed by atoms with Crippen molar-refractivity contribution in [3.63, 3.8) is 0 Å². The predicted molar refractivity (Wildman–Crippen MR) is 129 cm³/mol. The largest absolute Gasteiger partial charge is 0.452 e. The number of aliphatic hydroxyl groups is 1. The molecule has 3 aromatic rings. The zero-order chi connectivity index (χ0) is 25.3. The van der Waals surface area contributed by atoms with Gasteiger partial charge in [0.25, 0.3) is 0 Å². The van der Waals surface area contributed by atoms with E-state index in [1.54, 1.807) is 60.7 Å². The average Bonchev–Trinajstić information content (AvgIpc) is 2.92. The van der Waals surface area contributed by atoms with Crippen LogP contribution >= 0.6 is 0 Å². The molecule has 36 heavy (non-hydrogen) atoms. The van der Waals surface area contributed by atoms with Gasteiger partial charge >= 0.3 is 11.9 Å². The molecule has 8 heteroatoms. The normalized spacial score (nSPS) is 23.6. The van der Waals surface area contributed by atoms with E-state index in [2.05, 4.69) is 0 Å². The molecule has 0 saturated carbocycles. The summed E-state index contributed by atoms with van der Waals surface area (Å²) in [7, 11) is 1.43. The Balaban J connectivity index is 1.53. The summed E-state index contributed by atoms with van der Waals surface area (Å²) >= 11 is 0. The number of carbonyl (C=O) groups excluding carboxylic acids is 2. The van der Waals surface area contributed by atoms with Crippen LogP contribution in [-0.2, 0) is 30.3 Å². The van der Waals surface area contributed by atoms with Gasteiger partial charge in [0.15, 0.2) is 18.5 Å². The zero-order valence-corrected chi connectivity index (χ0v) is 19.8. The number of ether oxygens (including phenoxy) is 5. The molecule has 3 aromatic carbocycles. The molecule has 1 fully saturated rings. The van der Waals surface area contributed by atoms with Crippen molar-refractivity contribution >= 4 is 11.9 Å². The molecular formula is C28H28O8. The van der Waals surface area contributed by atoms with E-state index in [1.807, 2.05) is 30.3 Å². The van der Waals surface area contributed by atoms with Crippen LogP contribution in [0.4, 0.5) is 0 Å². The van der Waals surface area contributed by atoms with Crippen molar-refractivity contribution in [3.8, 4) is 0 Å². The van der Waals surface area contributed by atoms with Crippen LogP contribution < -0.4 is 0 Å². The molecule has 1 aliphatic heterocycles. The maximum Gasteiger partial charge on any atom is 0.338 e. The lowest BCUT2D eigenvalue weighted by Gasteiger charge is -2.43. The Kier molecular flexibility index (Phi) is 8.80. The lowest BCUT2D eigenvalue weighted by Crippen LogP contribution is -2.61. The molecular weight excluding hydrogens is 464 g/mol. The summed E-state index contributed by atoms with van der Waals surface area (Å²) in [4.78, 5) is 25.7. The standard InChI is InChI=1S/C28H28O8/c1-32-23-22(18-33-17-19-11-5-2-6-12-19)34-28(31)25(36-27(30)21-15-9-4-10-16-21)24(23)35-26(29)20-13-7-3-8-14-20/h2-16,22-25,28,31H,17-18H2,1H3. The molecule has 8 nitrogen and oxygen atoms in total. The number of benzene rings is 3. The third kappa shape index (κ3) is 6.35. The number of hydrogen-bond donors (Lipinski definition) is 1. The van der Waals surface area contributed by atoms with Gasteiger partial charge in [-0.2, -0.15) is 0 Å². The molecule has 0 spiro atoms. The first kappa shape index (κ1) is 25.5. The molecule has 1 heterocycles. The summed E-state index contributed by atoms with van der Waals surface area (Å²) in [6, 6.07) is 26.3. The van der Waals surface area contributed by atoms with E-state index in [4.69, 9.17) is 23.7 Å². The van der Waals surface area contributed by atoms with Crippen molar-refractivity contribution in [1.29, 1.82) is 0 Å². The average molecular weight is 493 g/mol. The van der Waals surface area contributed by atoms with Crippen LogP contribution in [0, 0.1) is 0 Å². The minimum Gasteiger partial charge on any atom is -0.452 e. The fourth-order valence-electron chi connectivity index (χ4n) is 3.97. The minimum absolute atomic E-state index is 0.0448. The Morgan fingerprint density at radius 3 is 1.78 bits per heavy atom. The summed E-state index contributed by atoms with van der Waals surface area (Å²) in [5.74, 6) is -1.35. The summed E-state index contributed by atoms with van der Waals surface area (Å²) in [5, 5.41) is 10.8. The van der Waals surface area contributed by atoms with Gasteiger partial charge in [-0.1, -0.05) is 66.7 Å².